The summed E-state index contributed by atoms with van der Waals surface area (Å²) in [5, 5.41) is 0. The molecular weight excluding hydrogens is 200 g/mol. The number of rotatable bonds is 0. The molecule has 2 atom stereocenters. The number of nitrogens with one attached hydrogen (secondary N) is 2. The summed E-state index contributed by atoms with van der Waals surface area (Å²) in [4.78, 5) is 11.2. The maximum atomic E-state index is 4.45. The van der Waals surface area contributed by atoms with Crippen LogP contribution in [0, 0.1) is 14.1 Å². The summed E-state index contributed by atoms with van der Waals surface area (Å²) in [5.74, 6) is 0.974. The van der Waals surface area contributed by atoms with E-state index in [1.54, 1.807) is 12.4 Å². The summed E-state index contributed by atoms with van der Waals surface area (Å²) in [6.45, 7) is 2.07. The first-order valence-electron chi connectivity index (χ1n) is 5.67. The van der Waals surface area contributed by atoms with Crippen LogP contribution in [-0.4, -0.2) is 23.1 Å². The zero-order valence-corrected chi connectivity index (χ0v) is 9.29. The van der Waals surface area contributed by atoms with Gasteiger partial charge < -0.3 is 9.80 Å². The lowest BCUT2D eigenvalue weighted by Crippen LogP contribution is -3.12. The molecule has 0 saturated heterocycles. The van der Waals surface area contributed by atoms with Crippen LogP contribution in [0.15, 0.2) is 18.1 Å². The number of aromatic nitrogens is 2. The Balaban J connectivity index is 2.09. The molecule has 0 spiro atoms. The lowest BCUT2D eigenvalue weighted by Gasteiger charge is -2.23. The maximum Gasteiger partial charge on any atom is 0.230 e. The van der Waals surface area contributed by atoms with Gasteiger partial charge in [0.05, 0.1) is 12.7 Å². The van der Waals surface area contributed by atoms with Crippen molar-refractivity contribution in [1.29, 1.82) is 0 Å². The molecule has 0 aliphatic carbocycles. The Hall–Kier alpha value is -1.26. The van der Waals surface area contributed by atoms with Gasteiger partial charge in [0.25, 0.3) is 0 Å². The fraction of sp³-hybridized carbons (Fsp3) is 0.333. The van der Waals surface area contributed by atoms with Gasteiger partial charge in [0.15, 0.2) is 5.69 Å². The molecular formula is C12H16N4. The topological polar surface area (TPSA) is 34.7 Å². The van der Waals surface area contributed by atoms with Gasteiger partial charge in [0.1, 0.15) is 12.2 Å². The molecule has 4 heteroatoms. The van der Waals surface area contributed by atoms with Gasteiger partial charge in [-0.2, -0.15) is 7.05 Å². The molecule has 0 fully saturated rings. The van der Waals surface area contributed by atoms with Crippen LogP contribution in [0.25, 0.3) is 5.57 Å². The lowest BCUT2D eigenvalue weighted by atomic mass is 10.1. The first kappa shape index (κ1) is 9.93. The van der Waals surface area contributed by atoms with Gasteiger partial charge in [-0.1, -0.05) is 0 Å². The molecule has 1 aromatic rings. The van der Waals surface area contributed by atoms with Crippen molar-refractivity contribution >= 4 is 11.4 Å². The number of fused-ring (bicyclic) bond motifs is 2. The Kier molecular flexibility index (Phi) is 2.26. The van der Waals surface area contributed by atoms with Crippen molar-refractivity contribution < 1.29 is 9.80 Å². The molecule has 2 aliphatic heterocycles. The largest absolute Gasteiger partial charge is 0.460 e. The molecule has 2 N–H and O–H groups in total. The van der Waals surface area contributed by atoms with Gasteiger partial charge in [0.2, 0.25) is 5.82 Å². The molecule has 84 valence electrons. The maximum absolute atomic E-state index is 4.45. The number of quaternary nitrogens is 2. The second-order valence-electron chi connectivity index (χ2n) is 4.47. The molecule has 0 radical (unpaired) electrons. The Bertz CT molecular complexity index is 452. The van der Waals surface area contributed by atoms with Crippen LogP contribution >= 0.6 is 0 Å². The Labute approximate surface area is 95.6 Å². The number of hydrogen-bond acceptors (Lipinski definition) is 2. The summed E-state index contributed by atoms with van der Waals surface area (Å²) in [7, 11) is 8.27. The second-order valence-corrected chi connectivity index (χ2v) is 4.47. The molecule has 0 amide bonds. The van der Waals surface area contributed by atoms with Crippen molar-refractivity contribution in [2.24, 2.45) is 0 Å². The third-order valence-corrected chi connectivity index (χ3v) is 3.38. The summed E-state index contributed by atoms with van der Waals surface area (Å²) in [6.07, 6.45) is 5.76. The second kappa shape index (κ2) is 3.64. The molecule has 4 nitrogen and oxygen atoms in total. The predicted octanol–water partition coefficient (Wildman–Crippen LogP) is -1.02. The summed E-state index contributed by atoms with van der Waals surface area (Å²) in [6, 6.07) is 0. The molecule has 2 aliphatic rings. The quantitative estimate of drug-likeness (QED) is 0.544. The highest BCUT2D eigenvalue weighted by Crippen LogP contribution is 2.28. The Morgan fingerprint density at radius 2 is 2.00 bits per heavy atom. The van der Waals surface area contributed by atoms with Crippen LogP contribution in [0.2, 0.25) is 0 Å². The zero-order chi connectivity index (χ0) is 11.1. The van der Waals surface area contributed by atoms with Gasteiger partial charge in [0, 0.05) is 11.8 Å². The number of allylic oxidation sites excluding steroid dienone is 1. The van der Waals surface area contributed by atoms with Crippen LogP contribution in [0.5, 0.6) is 0 Å². The number of hydrogen-bond donors (Lipinski definition) is 2. The highest BCUT2D eigenvalue weighted by atomic mass is 15.2. The average molecular weight is 216 g/mol. The molecule has 0 saturated carbocycles. The molecule has 2 unspecified atom stereocenters. The van der Waals surface area contributed by atoms with Gasteiger partial charge in [-0.15, -0.1) is 7.05 Å². The normalized spacial score (nSPS) is 28.6. The smallest absolute Gasteiger partial charge is 0.230 e. The highest BCUT2D eigenvalue weighted by molar-refractivity contribution is 5.73. The van der Waals surface area contributed by atoms with Gasteiger partial charge in [-0.3, -0.25) is 0 Å². The van der Waals surface area contributed by atoms with Crippen molar-refractivity contribution in [3.63, 3.8) is 0 Å². The van der Waals surface area contributed by atoms with Crippen LogP contribution in [0.1, 0.15) is 18.5 Å². The summed E-state index contributed by atoms with van der Waals surface area (Å²) >= 11 is 0. The van der Waals surface area contributed by atoms with E-state index in [1.807, 2.05) is 0 Å². The fourth-order valence-corrected chi connectivity index (χ4v) is 2.58. The van der Waals surface area contributed by atoms with Crippen LogP contribution in [0.3, 0.4) is 0 Å². The molecule has 0 aromatic carbocycles. The third-order valence-electron chi connectivity index (χ3n) is 3.38. The minimum absolute atomic E-state index is 0.951. The van der Waals surface area contributed by atoms with E-state index >= 15 is 0 Å². The molecule has 16 heavy (non-hydrogen) atoms. The zero-order valence-electron chi connectivity index (χ0n) is 9.29. The number of nitrogens with zero attached hydrogens (tertiary/aromatic N) is 2. The first-order valence-corrected chi connectivity index (χ1v) is 5.67. The highest BCUT2D eigenvalue weighted by Gasteiger charge is 2.33. The van der Waals surface area contributed by atoms with E-state index in [1.165, 1.54) is 22.6 Å². The van der Waals surface area contributed by atoms with Gasteiger partial charge in [-0.05, 0) is 12.8 Å². The molecule has 3 heterocycles. The van der Waals surface area contributed by atoms with Gasteiger partial charge in [-0.25, -0.2) is 9.97 Å². The Morgan fingerprint density at radius 1 is 1.19 bits per heavy atom. The van der Waals surface area contributed by atoms with E-state index in [2.05, 4.69) is 24.1 Å². The molecule has 1 aromatic heterocycles. The minimum Gasteiger partial charge on any atom is -0.460 e. The van der Waals surface area contributed by atoms with Crippen LogP contribution in [-0.2, 0) is 0 Å². The van der Waals surface area contributed by atoms with E-state index in [0.29, 0.717) is 0 Å². The Morgan fingerprint density at radius 3 is 2.88 bits per heavy atom. The fourth-order valence-electron chi connectivity index (χ4n) is 2.58. The SMILES string of the molecule is [CH2-][NH+]1CCCC2=C(C1)[NH+]([CH2-])c1nccnc12. The van der Waals surface area contributed by atoms with E-state index in [-0.39, 0.29) is 0 Å². The van der Waals surface area contributed by atoms with Crippen LogP contribution < -0.4 is 9.80 Å². The molecule has 3 rings (SSSR count). The average Bonchev–Trinajstić information content (AvgIpc) is 2.47. The van der Waals surface area contributed by atoms with Crippen LogP contribution in [0.4, 0.5) is 5.82 Å². The third kappa shape index (κ3) is 1.37. The summed E-state index contributed by atoms with van der Waals surface area (Å²) in [5.41, 5.74) is 3.73. The first-order chi connectivity index (χ1) is 7.77. The molecule has 0 bridgehead atoms. The van der Waals surface area contributed by atoms with Crippen molar-refractivity contribution in [3.8, 4) is 0 Å². The van der Waals surface area contributed by atoms with Crippen molar-refractivity contribution in [3.05, 3.63) is 37.9 Å². The van der Waals surface area contributed by atoms with E-state index in [9.17, 15) is 0 Å². The van der Waals surface area contributed by atoms with Crippen molar-refractivity contribution in [1.82, 2.24) is 9.97 Å². The van der Waals surface area contributed by atoms with Crippen molar-refractivity contribution in [2.75, 3.05) is 13.1 Å². The minimum atomic E-state index is 0.951. The van der Waals surface area contributed by atoms with Gasteiger partial charge >= 0.3 is 0 Å². The van der Waals surface area contributed by atoms with Crippen molar-refractivity contribution in [2.45, 2.75) is 12.8 Å². The lowest BCUT2D eigenvalue weighted by molar-refractivity contribution is -0.869. The monoisotopic (exact) mass is 216 g/mol. The predicted molar refractivity (Wildman–Crippen MR) is 60.2 cm³/mol. The summed E-state index contributed by atoms with van der Waals surface area (Å²) < 4.78 is 0. The standard InChI is InChI=1S/C12H16N4/c1-15-7-3-4-9-10(8-15)16(2)12-11(9)13-5-6-14-12/h5-6,15-16H,1-4,7-8H2. The van der Waals surface area contributed by atoms with E-state index in [4.69, 9.17) is 0 Å². The van der Waals surface area contributed by atoms with E-state index < -0.39 is 0 Å². The van der Waals surface area contributed by atoms with E-state index in [0.717, 1.165) is 35.9 Å².